The van der Waals surface area contributed by atoms with Crippen molar-refractivity contribution in [3.05, 3.63) is 0 Å². The van der Waals surface area contributed by atoms with Crippen LogP contribution in [0.25, 0.3) is 0 Å². The molecule has 0 radical (unpaired) electrons. The lowest BCUT2D eigenvalue weighted by Crippen LogP contribution is -2.42. The quantitative estimate of drug-likeness (QED) is 0.600. The first-order valence-electron chi connectivity index (χ1n) is 4.58. The molecule has 0 saturated heterocycles. The third-order valence-corrected chi connectivity index (χ3v) is 5.15. The largest absolute Gasteiger partial charge is 0.339 e. The lowest BCUT2D eigenvalue weighted by Gasteiger charge is -2.19. The van der Waals surface area contributed by atoms with E-state index in [0.29, 0.717) is 0 Å². The van der Waals surface area contributed by atoms with E-state index in [4.69, 9.17) is 0 Å². The van der Waals surface area contributed by atoms with Gasteiger partial charge < -0.3 is 9.88 Å². The molecule has 1 N–H and O–H groups in total. The van der Waals surface area contributed by atoms with Crippen LogP contribution in [0.2, 0.25) is 6.04 Å². The SMILES string of the molecule is CCC[SiH](CN(C)C)NCC. The molecule has 1 atom stereocenters. The maximum atomic E-state index is 3.61. The Morgan fingerprint density at radius 1 is 1.27 bits per heavy atom. The first-order chi connectivity index (χ1) is 5.20. The molecule has 0 aliphatic rings. The van der Waals surface area contributed by atoms with E-state index in [-0.39, 0.29) is 0 Å². The molecule has 11 heavy (non-hydrogen) atoms. The van der Waals surface area contributed by atoms with Crippen molar-refractivity contribution in [3.63, 3.8) is 0 Å². The molecule has 68 valence electrons. The minimum Gasteiger partial charge on any atom is -0.339 e. The van der Waals surface area contributed by atoms with Crippen LogP contribution in [0, 0.1) is 0 Å². The molecule has 1 unspecified atom stereocenters. The zero-order valence-corrected chi connectivity index (χ0v) is 9.51. The highest BCUT2D eigenvalue weighted by Crippen LogP contribution is 1.94. The van der Waals surface area contributed by atoms with Crippen LogP contribution >= 0.6 is 0 Å². The zero-order chi connectivity index (χ0) is 8.69. The molecule has 0 aromatic heterocycles. The topological polar surface area (TPSA) is 15.3 Å². The summed E-state index contributed by atoms with van der Waals surface area (Å²) in [5, 5.41) is 0. The van der Waals surface area contributed by atoms with Crippen LogP contribution in [0.1, 0.15) is 20.3 Å². The molecule has 0 amide bonds. The van der Waals surface area contributed by atoms with Crippen LogP contribution in [-0.4, -0.2) is 40.7 Å². The lowest BCUT2D eigenvalue weighted by molar-refractivity contribution is 0.469. The Hall–Kier alpha value is 0.137. The van der Waals surface area contributed by atoms with E-state index in [0.717, 1.165) is 6.54 Å². The van der Waals surface area contributed by atoms with Gasteiger partial charge in [0, 0.05) is 6.17 Å². The number of nitrogens with zero attached hydrogens (tertiary/aromatic N) is 1. The van der Waals surface area contributed by atoms with Gasteiger partial charge in [-0.15, -0.1) is 0 Å². The first kappa shape index (κ1) is 11.1. The van der Waals surface area contributed by atoms with Crippen molar-refractivity contribution in [1.29, 1.82) is 0 Å². The Morgan fingerprint density at radius 2 is 1.91 bits per heavy atom. The van der Waals surface area contributed by atoms with Crippen molar-refractivity contribution in [2.75, 3.05) is 26.8 Å². The number of hydrogen-bond acceptors (Lipinski definition) is 2. The summed E-state index contributed by atoms with van der Waals surface area (Å²) in [7, 11) is 3.70. The lowest BCUT2D eigenvalue weighted by atomic mass is 10.6. The predicted molar refractivity (Wildman–Crippen MR) is 54.5 cm³/mol. The minimum absolute atomic E-state index is 0.616. The van der Waals surface area contributed by atoms with Gasteiger partial charge in [0.1, 0.15) is 8.96 Å². The molecule has 0 aliphatic heterocycles. The monoisotopic (exact) mass is 174 g/mol. The minimum atomic E-state index is -0.616. The van der Waals surface area contributed by atoms with Crippen LogP contribution in [-0.2, 0) is 0 Å². The highest BCUT2D eigenvalue weighted by atomic mass is 28.3. The molecule has 2 nitrogen and oxygen atoms in total. The van der Waals surface area contributed by atoms with Crippen LogP contribution in [0.5, 0.6) is 0 Å². The summed E-state index contributed by atoms with van der Waals surface area (Å²) in [5.41, 5.74) is 0. The van der Waals surface area contributed by atoms with Crippen LogP contribution in [0.4, 0.5) is 0 Å². The molecule has 0 bridgehead atoms. The Labute approximate surface area is 72.7 Å². The predicted octanol–water partition coefficient (Wildman–Crippen LogP) is 0.830. The van der Waals surface area contributed by atoms with Crippen molar-refractivity contribution in [3.8, 4) is 0 Å². The summed E-state index contributed by atoms with van der Waals surface area (Å²) in [4.78, 5) is 5.91. The average molecular weight is 174 g/mol. The van der Waals surface area contributed by atoms with Gasteiger partial charge in [-0.25, -0.2) is 0 Å². The number of nitrogens with one attached hydrogen (secondary N) is 1. The average Bonchev–Trinajstić information content (AvgIpc) is 1.87. The summed E-state index contributed by atoms with van der Waals surface area (Å²) in [6, 6.07) is 1.42. The van der Waals surface area contributed by atoms with E-state index >= 15 is 0 Å². The fraction of sp³-hybridized carbons (Fsp3) is 1.00. The molecule has 0 aromatic rings. The van der Waals surface area contributed by atoms with Gasteiger partial charge in [-0.3, -0.25) is 0 Å². The molecular formula is C8H22N2Si. The summed E-state index contributed by atoms with van der Waals surface area (Å²) >= 11 is 0. The molecule has 0 aromatic carbocycles. The third kappa shape index (κ3) is 6.53. The summed E-state index contributed by atoms with van der Waals surface area (Å²) in [5.74, 6) is 0. The number of hydrogen-bond donors (Lipinski definition) is 1. The summed E-state index contributed by atoms with van der Waals surface area (Å²) < 4.78 is 0. The van der Waals surface area contributed by atoms with E-state index < -0.39 is 8.96 Å². The fourth-order valence-electron chi connectivity index (χ4n) is 1.34. The Bertz CT molecular complexity index is 80.2. The molecule has 0 heterocycles. The standard InChI is InChI=1S/C8H22N2Si/c1-5-7-11(9-6-2)8-10(3)4/h9,11H,5-8H2,1-4H3. The molecule has 0 fully saturated rings. The van der Waals surface area contributed by atoms with E-state index in [2.05, 4.69) is 37.8 Å². The van der Waals surface area contributed by atoms with Gasteiger partial charge in [-0.1, -0.05) is 20.3 Å². The Balaban J connectivity index is 3.50. The maximum absolute atomic E-state index is 3.61. The van der Waals surface area contributed by atoms with Gasteiger partial charge >= 0.3 is 0 Å². The highest BCUT2D eigenvalue weighted by molar-refractivity contribution is 6.56. The van der Waals surface area contributed by atoms with Crippen molar-refractivity contribution >= 4 is 8.96 Å². The maximum Gasteiger partial charge on any atom is 0.123 e. The summed E-state index contributed by atoms with van der Waals surface area (Å²) in [6.45, 7) is 5.61. The van der Waals surface area contributed by atoms with Gasteiger partial charge in [0.15, 0.2) is 0 Å². The molecule has 0 rings (SSSR count). The second-order valence-corrected chi connectivity index (χ2v) is 6.05. The van der Waals surface area contributed by atoms with Gasteiger partial charge in [0.2, 0.25) is 0 Å². The molecular weight excluding hydrogens is 152 g/mol. The van der Waals surface area contributed by atoms with Gasteiger partial charge in [-0.2, -0.15) is 0 Å². The number of rotatable bonds is 6. The molecule has 0 saturated carbocycles. The first-order valence-corrected chi connectivity index (χ1v) is 6.79. The van der Waals surface area contributed by atoms with E-state index in [1.54, 1.807) is 0 Å². The van der Waals surface area contributed by atoms with Crippen LogP contribution < -0.4 is 4.98 Å². The van der Waals surface area contributed by atoms with E-state index in [1.807, 2.05) is 0 Å². The third-order valence-electron chi connectivity index (χ3n) is 1.72. The second-order valence-electron chi connectivity index (χ2n) is 3.31. The summed E-state index contributed by atoms with van der Waals surface area (Å²) in [6.07, 6.45) is 2.62. The second kappa shape index (κ2) is 6.82. The highest BCUT2D eigenvalue weighted by Gasteiger charge is 2.08. The van der Waals surface area contributed by atoms with E-state index in [9.17, 15) is 0 Å². The van der Waals surface area contributed by atoms with Crippen LogP contribution in [0.15, 0.2) is 0 Å². The van der Waals surface area contributed by atoms with Gasteiger partial charge in [0.05, 0.1) is 0 Å². The van der Waals surface area contributed by atoms with Crippen molar-refractivity contribution in [1.82, 2.24) is 9.88 Å². The zero-order valence-electron chi connectivity index (χ0n) is 8.35. The van der Waals surface area contributed by atoms with Gasteiger partial charge in [-0.05, 0) is 26.7 Å². The van der Waals surface area contributed by atoms with Crippen LogP contribution in [0.3, 0.4) is 0 Å². The van der Waals surface area contributed by atoms with Crippen molar-refractivity contribution in [2.45, 2.75) is 26.3 Å². The molecule has 0 aliphatic carbocycles. The Morgan fingerprint density at radius 3 is 2.27 bits per heavy atom. The smallest absolute Gasteiger partial charge is 0.123 e. The van der Waals surface area contributed by atoms with Gasteiger partial charge in [0.25, 0.3) is 0 Å². The Kier molecular flexibility index (Phi) is 6.91. The van der Waals surface area contributed by atoms with E-state index in [1.165, 1.54) is 18.6 Å². The fourth-order valence-corrected chi connectivity index (χ4v) is 4.01. The van der Waals surface area contributed by atoms with Crippen molar-refractivity contribution in [2.24, 2.45) is 0 Å². The van der Waals surface area contributed by atoms with Crippen molar-refractivity contribution < 1.29 is 0 Å². The molecule has 3 heteroatoms. The molecule has 0 spiro atoms. The normalized spacial score (nSPS) is 13.9.